The Morgan fingerprint density at radius 2 is 2.00 bits per heavy atom. The molecule has 2 atom stereocenters. The number of ether oxygens (including phenoxy) is 2. The highest BCUT2D eigenvalue weighted by Crippen LogP contribution is 2.35. The lowest BCUT2D eigenvalue weighted by atomic mass is 10.1. The second-order valence-electron chi connectivity index (χ2n) is 7.27. The number of aliphatic hydroxyl groups is 2. The summed E-state index contributed by atoms with van der Waals surface area (Å²) in [7, 11) is 0. The van der Waals surface area contributed by atoms with Crippen LogP contribution in [0.4, 0.5) is 0 Å². The van der Waals surface area contributed by atoms with E-state index in [1.807, 2.05) is 13.2 Å². The highest BCUT2D eigenvalue weighted by Gasteiger charge is 2.25. The standard InChI is InChI=1S/C21H27N3O7S/c1-3-24-9-14(19(27)13-6-17-18(7-16(13)24)31-11-30-17)20(28)23-15(4-5-32-2)21(29)22-8-12(26)10-25/h6-7,9,12,15,25-26H,3-5,8,10-11H2,1-2H3,(H,22,29)(H,23,28)/t12?,15-/m0/s1. The summed E-state index contributed by atoms with van der Waals surface area (Å²) in [4.78, 5) is 38.7. The molecule has 1 aliphatic heterocycles. The highest BCUT2D eigenvalue weighted by atomic mass is 32.2. The van der Waals surface area contributed by atoms with Crippen LogP contribution < -0.4 is 25.5 Å². The van der Waals surface area contributed by atoms with E-state index in [1.54, 1.807) is 16.7 Å². The van der Waals surface area contributed by atoms with Gasteiger partial charge >= 0.3 is 0 Å². The third-order valence-corrected chi connectivity index (χ3v) is 5.76. The molecule has 1 aliphatic rings. The fraction of sp³-hybridized carbons (Fsp3) is 0.476. The van der Waals surface area contributed by atoms with E-state index < -0.39 is 36.0 Å². The van der Waals surface area contributed by atoms with Gasteiger partial charge < -0.3 is 34.9 Å². The van der Waals surface area contributed by atoms with Crippen molar-refractivity contribution in [3.8, 4) is 11.5 Å². The van der Waals surface area contributed by atoms with Crippen molar-refractivity contribution in [1.82, 2.24) is 15.2 Å². The molecule has 0 spiro atoms. The molecular formula is C21H27N3O7S. The fourth-order valence-electron chi connectivity index (χ4n) is 3.35. The molecule has 0 radical (unpaired) electrons. The Labute approximate surface area is 188 Å². The molecule has 32 heavy (non-hydrogen) atoms. The summed E-state index contributed by atoms with van der Waals surface area (Å²) in [5, 5.41) is 23.9. The van der Waals surface area contributed by atoms with Crippen molar-refractivity contribution in [2.75, 3.05) is 32.0 Å². The molecule has 1 unspecified atom stereocenters. The fourth-order valence-corrected chi connectivity index (χ4v) is 3.82. The lowest BCUT2D eigenvalue weighted by Crippen LogP contribution is -2.49. The Bertz CT molecular complexity index is 1060. The number of aryl methyl sites for hydroxylation is 1. The minimum absolute atomic E-state index is 0.0660. The van der Waals surface area contributed by atoms with Crippen LogP contribution in [0, 0.1) is 0 Å². The number of carbonyl (C=O) groups excluding carboxylic acids is 2. The van der Waals surface area contributed by atoms with Gasteiger partial charge in [-0.25, -0.2) is 0 Å². The molecule has 0 bridgehead atoms. The number of rotatable bonds is 10. The smallest absolute Gasteiger partial charge is 0.257 e. The maximum Gasteiger partial charge on any atom is 0.257 e. The number of aromatic nitrogens is 1. The number of benzene rings is 1. The summed E-state index contributed by atoms with van der Waals surface area (Å²) in [6, 6.07) is 2.38. The van der Waals surface area contributed by atoms with E-state index in [-0.39, 0.29) is 18.9 Å². The van der Waals surface area contributed by atoms with E-state index in [9.17, 15) is 19.5 Å². The van der Waals surface area contributed by atoms with E-state index in [1.165, 1.54) is 18.0 Å². The first-order valence-corrected chi connectivity index (χ1v) is 11.6. The van der Waals surface area contributed by atoms with Gasteiger partial charge in [-0.15, -0.1) is 0 Å². The maximum absolute atomic E-state index is 13.1. The monoisotopic (exact) mass is 465 g/mol. The van der Waals surface area contributed by atoms with Crippen molar-refractivity contribution < 1.29 is 29.3 Å². The minimum Gasteiger partial charge on any atom is -0.454 e. The summed E-state index contributed by atoms with van der Waals surface area (Å²) < 4.78 is 12.5. The SMILES string of the molecule is CCn1cc(C(=O)N[C@@H](CCSC)C(=O)NCC(O)CO)c(=O)c2cc3c(cc21)OCO3. The number of aliphatic hydroxyl groups excluding tert-OH is 2. The van der Waals surface area contributed by atoms with Gasteiger partial charge in [0.2, 0.25) is 18.1 Å². The zero-order chi connectivity index (χ0) is 23.3. The van der Waals surface area contributed by atoms with Crippen LogP contribution in [-0.2, 0) is 11.3 Å². The number of hydrogen-bond acceptors (Lipinski definition) is 8. The maximum atomic E-state index is 13.1. The van der Waals surface area contributed by atoms with Gasteiger partial charge in [0.1, 0.15) is 11.6 Å². The van der Waals surface area contributed by atoms with E-state index in [0.29, 0.717) is 41.1 Å². The molecule has 2 aromatic rings. The second-order valence-corrected chi connectivity index (χ2v) is 8.26. The van der Waals surface area contributed by atoms with Crippen LogP contribution in [-0.4, -0.2) is 70.7 Å². The average Bonchev–Trinajstić information content (AvgIpc) is 3.26. The lowest BCUT2D eigenvalue weighted by Gasteiger charge is -2.19. The Morgan fingerprint density at radius 3 is 2.66 bits per heavy atom. The summed E-state index contributed by atoms with van der Waals surface area (Å²) in [6.07, 6.45) is 2.59. The number of hydrogen-bond donors (Lipinski definition) is 4. The van der Waals surface area contributed by atoms with Crippen molar-refractivity contribution in [2.24, 2.45) is 0 Å². The number of carbonyl (C=O) groups is 2. The first kappa shape index (κ1) is 23.9. The lowest BCUT2D eigenvalue weighted by molar-refractivity contribution is -0.123. The third kappa shape index (κ3) is 5.17. The quantitative estimate of drug-likeness (QED) is 0.387. The zero-order valence-electron chi connectivity index (χ0n) is 17.9. The third-order valence-electron chi connectivity index (χ3n) is 5.11. The number of thioether (sulfide) groups is 1. The summed E-state index contributed by atoms with van der Waals surface area (Å²) >= 11 is 1.51. The summed E-state index contributed by atoms with van der Waals surface area (Å²) in [5.74, 6) is 0.409. The van der Waals surface area contributed by atoms with E-state index in [0.717, 1.165) is 0 Å². The Kier molecular flexibility index (Phi) is 7.99. The van der Waals surface area contributed by atoms with Crippen molar-refractivity contribution >= 4 is 34.5 Å². The molecule has 0 aliphatic carbocycles. The predicted molar refractivity (Wildman–Crippen MR) is 120 cm³/mol. The number of amides is 2. The molecule has 3 rings (SSSR count). The number of nitrogens with one attached hydrogen (secondary N) is 2. The molecule has 11 heteroatoms. The Balaban J connectivity index is 1.89. The molecule has 1 aromatic heterocycles. The molecule has 0 saturated carbocycles. The average molecular weight is 466 g/mol. The van der Waals surface area contributed by atoms with Crippen LogP contribution >= 0.6 is 11.8 Å². The van der Waals surface area contributed by atoms with Gasteiger partial charge in [0.25, 0.3) is 5.91 Å². The molecular weight excluding hydrogens is 438 g/mol. The van der Waals surface area contributed by atoms with E-state index >= 15 is 0 Å². The first-order chi connectivity index (χ1) is 15.4. The van der Waals surface area contributed by atoms with Crippen LogP contribution in [0.1, 0.15) is 23.7 Å². The van der Waals surface area contributed by atoms with Gasteiger partial charge in [-0.05, 0) is 31.4 Å². The van der Waals surface area contributed by atoms with Crippen molar-refractivity contribution in [3.63, 3.8) is 0 Å². The van der Waals surface area contributed by atoms with Crippen LogP contribution in [0.5, 0.6) is 11.5 Å². The van der Waals surface area contributed by atoms with Crippen LogP contribution in [0.2, 0.25) is 0 Å². The van der Waals surface area contributed by atoms with E-state index in [2.05, 4.69) is 10.6 Å². The molecule has 1 aromatic carbocycles. The number of nitrogens with zero attached hydrogens (tertiary/aromatic N) is 1. The Hall–Kier alpha value is -2.76. The van der Waals surface area contributed by atoms with Crippen molar-refractivity contribution in [3.05, 3.63) is 34.1 Å². The summed E-state index contributed by atoms with van der Waals surface area (Å²) in [6.45, 7) is 1.82. The molecule has 0 fully saturated rings. The van der Waals surface area contributed by atoms with Gasteiger partial charge in [-0.2, -0.15) is 11.8 Å². The van der Waals surface area contributed by atoms with Crippen molar-refractivity contribution in [1.29, 1.82) is 0 Å². The number of pyridine rings is 1. The Morgan fingerprint density at radius 1 is 1.28 bits per heavy atom. The minimum atomic E-state index is -1.10. The number of fused-ring (bicyclic) bond motifs is 2. The van der Waals surface area contributed by atoms with Crippen LogP contribution in [0.3, 0.4) is 0 Å². The van der Waals surface area contributed by atoms with E-state index in [4.69, 9.17) is 14.6 Å². The van der Waals surface area contributed by atoms with Crippen molar-refractivity contribution in [2.45, 2.75) is 32.0 Å². The normalized spacial score (nSPS) is 14.2. The first-order valence-electron chi connectivity index (χ1n) is 10.2. The molecule has 0 saturated heterocycles. The molecule has 2 amide bonds. The summed E-state index contributed by atoms with van der Waals surface area (Å²) in [5.41, 5.74) is 0.0590. The van der Waals surface area contributed by atoms with Crippen LogP contribution in [0.15, 0.2) is 23.1 Å². The van der Waals surface area contributed by atoms with Gasteiger partial charge in [0.15, 0.2) is 11.5 Å². The molecule has 10 nitrogen and oxygen atoms in total. The largest absolute Gasteiger partial charge is 0.454 e. The molecule has 174 valence electrons. The molecule has 4 N–H and O–H groups in total. The molecule has 2 heterocycles. The van der Waals surface area contributed by atoms with Crippen LogP contribution in [0.25, 0.3) is 10.9 Å². The highest BCUT2D eigenvalue weighted by molar-refractivity contribution is 7.98. The van der Waals surface area contributed by atoms with Gasteiger partial charge in [0, 0.05) is 25.4 Å². The van der Waals surface area contributed by atoms with Gasteiger partial charge in [-0.3, -0.25) is 14.4 Å². The zero-order valence-corrected chi connectivity index (χ0v) is 18.7. The topological polar surface area (TPSA) is 139 Å². The second kappa shape index (κ2) is 10.7. The van der Waals surface area contributed by atoms with Gasteiger partial charge in [-0.1, -0.05) is 0 Å². The van der Waals surface area contributed by atoms with Gasteiger partial charge in [0.05, 0.1) is 23.6 Å². The predicted octanol–water partition coefficient (Wildman–Crippen LogP) is 0.0710.